The summed E-state index contributed by atoms with van der Waals surface area (Å²) in [5, 5.41) is 2.91. The second-order valence-corrected chi connectivity index (χ2v) is 8.26. The number of allylic oxidation sites excluding steroid dienone is 1. The first kappa shape index (κ1) is 17.4. The van der Waals surface area contributed by atoms with Gasteiger partial charge >= 0.3 is 0 Å². The fraction of sp³-hybridized carbons (Fsp3) is 0.591. The van der Waals surface area contributed by atoms with E-state index in [-0.39, 0.29) is 17.1 Å². The maximum atomic E-state index is 13.3. The molecule has 4 nitrogen and oxygen atoms in total. The van der Waals surface area contributed by atoms with Gasteiger partial charge in [0.25, 0.3) is 5.91 Å². The summed E-state index contributed by atoms with van der Waals surface area (Å²) in [7, 11) is 0. The Labute approximate surface area is 155 Å². The van der Waals surface area contributed by atoms with Crippen LogP contribution in [0.2, 0.25) is 0 Å². The van der Waals surface area contributed by atoms with E-state index in [1.807, 2.05) is 13.8 Å². The van der Waals surface area contributed by atoms with Crippen LogP contribution in [0.5, 0.6) is 0 Å². The van der Waals surface area contributed by atoms with E-state index in [0.717, 1.165) is 67.5 Å². The van der Waals surface area contributed by atoms with Crippen LogP contribution in [0.25, 0.3) is 5.57 Å². The highest BCUT2D eigenvalue weighted by Gasteiger charge is 2.46. The molecule has 138 valence electrons. The van der Waals surface area contributed by atoms with Crippen molar-refractivity contribution in [3.05, 3.63) is 34.7 Å². The molecule has 3 aliphatic rings. The van der Waals surface area contributed by atoms with Gasteiger partial charge in [-0.3, -0.25) is 14.6 Å². The number of amides is 1. The summed E-state index contributed by atoms with van der Waals surface area (Å²) < 4.78 is 0. The summed E-state index contributed by atoms with van der Waals surface area (Å²) in [6.07, 6.45) is 8.19. The van der Waals surface area contributed by atoms with Crippen molar-refractivity contribution < 1.29 is 9.59 Å². The zero-order valence-electron chi connectivity index (χ0n) is 15.9. The quantitative estimate of drug-likeness (QED) is 0.867. The third kappa shape index (κ3) is 2.45. The van der Waals surface area contributed by atoms with E-state index in [4.69, 9.17) is 4.98 Å². The Hall–Kier alpha value is -1.97. The van der Waals surface area contributed by atoms with Crippen LogP contribution < -0.4 is 5.32 Å². The SMILES string of the molecule is C=C1c2nc(C)c(C(=O)NCC)c(C3CCC3)c2C(=O)CC12CCCC2. The molecule has 3 aliphatic carbocycles. The number of aryl methyl sites for hydroxylation is 1. The van der Waals surface area contributed by atoms with E-state index in [2.05, 4.69) is 11.9 Å². The smallest absolute Gasteiger partial charge is 0.253 e. The van der Waals surface area contributed by atoms with Gasteiger partial charge in [-0.05, 0) is 56.6 Å². The fourth-order valence-corrected chi connectivity index (χ4v) is 5.15. The number of ketones is 1. The van der Waals surface area contributed by atoms with Crippen LogP contribution in [0, 0.1) is 12.3 Å². The Balaban J connectivity index is 1.92. The molecule has 1 amide bonds. The monoisotopic (exact) mass is 352 g/mol. The van der Waals surface area contributed by atoms with E-state index in [1.165, 1.54) is 0 Å². The molecule has 2 fully saturated rings. The Morgan fingerprint density at radius 1 is 1.27 bits per heavy atom. The number of Topliss-reactive ketones (excluding diaryl/α,β-unsaturated/α-hetero) is 1. The molecule has 0 aliphatic heterocycles. The molecule has 0 unspecified atom stereocenters. The fourth-order valence-electron chi connectivity index (χ4n) is 5.15. The molecular weight excluding hydrogens is 324 g/mol. The Kier molecular flexibility index (Phi) is 4.25. The molecule has 1 heterocycles. The molecule has 26 heavy (non-hydrogen) atoms. The maximum absolute atomic E-state index is 13.3. The molecule has 0 bridgehead atoms. The molecule has 1 aromatic rings. The summed E-state index contributed by atoms with van der Waals surface area (Å²) in [5.41, 5.74) is 4.78. The Morgan fingerprint density at radius 2 is 1.96 bits per heavy atom. The summed E-state index contributed by atoms with van der Waals surface area (Å²) in [6, 6.07) is 0. The molecule has 0 radical (unpaired) electrons. The molecular formula is C22H28N2O2. The van der Waals surface area contributed by atoms with E-state index < -0.39 is 0 Å². The van der Waals surface area contributed by atoms with Gasteiger partial charge in [-0.1, -0.05) is 25.8 Å². The van der Waals surface area contributed by atoms with Crippen LogP contribution >= 0.6 is 0 Å². The number of rotatable bonds is 3. The third-order valence-corrected chi connectivity index (χ3v) is 6.76. The lowest BCUT2D eigenvalue weighted by Crippen LogP contribution is -2.34. The minimum absolute atomic E-state index is 0.0897. The summed E-state index contributed by atoms with van der Waals surface area (Å²) in [6.45, 7) is 8.80. The van der Waals surface area contributed by atoms with E-state index in [0.29, 0.717) is 30.0 Å². The van der Waals surface area contributed by atoms with Crippen LogP contribution in [0.1, 0.15) is 102 Å². The van der Waals surface area contributed by atoms with Crippen molar-refractivity contribution in [2.24, 2.45) is 5.41 Å². The summed E-state index contributed by atoms with van der Waals surface area (Å²) in [5.74, 6) is 0.383. The second kappa shape index (κ2) is 6.33. The van der Waals surface area contributed by atoms with Crippen molar-refractivity contribution >= 4 is 17.3 Å². The van der Waals surface area contributed by atoms with Crippen molar-refractivity contribution in [1.29, 1.82) is 0 Å². The van der Waals surface area contributed by atoms with E-state index in [9.17, 15) is 9.59 Å². The molecule has 0 saturated heterocycles. The lowest BCUT2D eigenvalue weighted by Gasteiger charge is -2.39. The highest BCUT2D eigenvalue weighted by atomic mass is 16.1. The van der Waals surface area contributed by atoms with Crippen molar-refractivity contribution in [3.63, 3.8) is 0 Å². The van der Waals surface area contributed by atoms with Gasteiger partial charge in [0.05, 0.1) is 17.0 Å². The normalized spacial score (nSPS) is 21.6. The number of hydrogen-bond acceptors (Lipinski definition) is 3. The van der Waals surface area contributed by atoms with Crippen LogP contribution in [0.3, 0.4) is 0 Å². The topological polar surface area (TPSA) is 59.1 Å². The number of nitrogens with one attached hydrogen (secondary N) is 1. The number of nitrogens with zero attached hydrogens (tertiary/aromatic N) is 1. The highest BCUT2D eigenvalue weighted by Crippen LogP contribution is 2.55. The minimum Gasteiger partial charge on any atom is -0.352 e. The number of pyridine rings is 1. The predicted octanol–water partition coefficient (Wildman–Crippen LogP) is 4.57. The van der Waals surface area contributed by atoms with Gasteiger partial charge in [-0.2, -0.15) is 0 Å². The van der Waals surface area contributed by atoms with Crippen LogP contribution in [0.4, 0.5) is 0 Å². The van der Waals surface area contributed by atoms with Crippen LogP contribution in [-0.2, 0) is 0 Å². The largest absolute Gasteiger partial charge is 0.352 e. The molecule has 2 saturated carbocycles. The van der Waals surface area contributed by atoms with Crippen molar-refractivity contribution in [2.45, 2.75) is 71.1 Å². The molecule has 0 aromatic carbocycles. The van der Waals surface area contributed by atoms with Gasteiger partial charge in [0, 0.05) is 23.9 Å². The molecule has 4 rings (SSSR count). The maximum Gasteiger partial charge on any atom is 0.253 e. The minimum atomic E-state index is -0.0956. The first-order valence-electron chi connectivity index (χ1n) is 10.0. The van der Waals surface area contributed by atoms with Gasteiger partial charge < -0.3 is 5.32 Å². The van der Waals surface area contributed by atoms with Crippen molar-refractivity contribution in [1.82, 2.24) is 10.3 Å². The van der Waals surface area contributed by atoms with Gasteiger partial charge in [0.1, 0.15) is 0 Å². The Morgan fingerprint density at radius 3 is 2.54 bits per heavy atom. The lowest BCUT2D eigenvalue weighted by molar-refractivity contribution is 0.0930. The molecule has 1 N–H and O–H groups in total. The first-order chi connectivity index (χ1) is 12.5. The van der Waals surface area contributed by atoms with Gasteiger partial charge in [-0.25, -0.2) is 0 Å². The molecule has 1 spiro atoms. The molecule has 0 atom stereocenters. The standard InChI is InChI=1S/C22H28N2O2/c1-4-23-21(26)17-14(3)24-20-13(2)22(10-5-6-11-22)12-16(25)19(20)18(17)15-8-7-9-15/h15H,2,4-12H2,1,3H3,(H,23,26). The number of carbonyl (C=O) groups excluding carboxylic acids is 2. The zero-order valence-corrected chi connectivity index (χ0v) is 15.9. The van der Waals surface area contributed by atoms with Crippen LogP contribution in [-0.4, -0.2) is 23.2 Å². The number of carbonyl (C=O) groups is 2. The van der Waals surface area contributed by atoms with E-state index >= 15 is 0 Å². The molecule has 4 heteroatoms. The third-order valence-electron chi connectivity index (χ3n) is 6.76. The summed E-state index contributed by atoms with van der Waals surface area (Å²) in [4.78, 5) is 30.8. The van der Waals surface area contributed by atoms with E-state index in [1.54, 1.807) is 0 Å². The second-order valence-electron chi connectivity index (χ2n) is 8.26. The van der Waals surface area contributed by atoms with Crippen molar-refractivity contribution in [3.8, 4) is 0 Å². The first-order valence-corrected chi connectivity index (χ1v) is 10.0. The average molecular weight is 352 g/mol. The lowest BCUT2D eigenvalue weighted by atomic mass is 9.65. The van der Waals surface area contributed by atoms with Crippen LogP contribution in [0.15, 0.2) is 6.58 Å². The van der Waals surface area contributed by atoms with Crippen molar-refractivity contribution in [2.75, 3.05) is 6.54 Å². The zero-order chi connectivity index (χ0) is 18.5. The molecule has 1 aromatic heterocycles. The Bertz CT molecular complexity index is 799. The number of fused-ring (bicyclic) bond motifs is 1. The van der Waals surface area contributed by atoms with Gasteiger partial charge in [0.15, 0.2) is 5.78 Å². The average Bonchev–Trinajstić information content (AvgIpc) is 3.00. The predicted molar refractivity (Wildman–Crippen MR) is 102 cm³/mol. The van der Waals surface area contributed by atoms with Gasteiger partial charge in [0.2, 0.25) is 0 Å². The highest BCUT2D eigenvalue weighted by molar-refractivity contribution is 6.09. The number of hydrogen-bond donors (Lipinski definition) is 1. The number of aromatic nitrogens is 1. The summed E-state index contributed by atoms with van der Waals surface area (Å²) >= 11 is 0. The van der Waals surface area contributed by atoms with Gasteiger partial charge in [-0.15, -0.1) is 0 Å².